The first-order chi connectivity index (χ1) is 8.02. The smallest absolute Gasteiger partial charge is 0.264 e. The van der Waals surface area contributed by atoms with Crippen LogP contribution in [0, 0.1) is 5.41 Å². The molecule has 0 unspecified atom stereocenters. The first-order valence-corrected chi connectivity index (χ1v) is 6.47. The van der Waals surface area contributed by atoms with Crippen LogP contribution in [0.3, 0.4) is 0 Å². The van der Waals surface area contributed by atoms with Crippen LogP contribution in [0.5, 0.6) is 0 Å². The van der Waals surface area contributed by atoms with E-state index in [0.29, 0.717) is 24.6 Å². The van der Waals surface area contributed by atoms with Crippen molar-refractivity contribution < 1.29 is 9.53 Å². The van der Waals surface area contributed by atoms with Crippen LogP contribution < -0.4 is 5.32 Å². The number of carbonyl (C=O) groups excluding carboxylic acids is 1. The van der Waals surface area contributed by atoms with Gasteiger partial charge in [0, 0.05) is 12.0 Å². The summed E-state index contributed by atoms with van der Waals surface area (Å²) in [5.74, 6) is 0.147. The predicted octanol–water partition coefficient (Wildman–Crippen LogP) is 1.43. The third-order valence-electron chi connectivity index (χ3n) is 2.84. The Morgan fingerprint density at radius 3 is 2.82 bits per heavy atom. The number of aromatic nitrogens is 2. The van der Waals surface area contributed by atoms with E-state index in [1.54, 1.807) is 0 Å². The van der Waals surface area contributed by atoms with Crippen LogP contribution in [0.25, 0.3) is 0 Å². The zero-order valence-electron chi connectivity index (χ0n) is 10.3. The lowest BCUT2D eigenvalue weighted by atomic mass is 9.89. The topological polar surface area (TPSA) is 64.1 Å². The van der Waals surface area contributed by atoms with Gasteiger partial charge in [-0.05, 0) is 17.5 Å². The SMILES string of the molecule is CC(C)c1nnsc1C(=O)NCC1(C)COC1. The average Bonchev–Trinajstić information content (AvgIpc) is 2.72. The molecule has 1 amide bonds. The van der Waals surface area contributed by atoms with Crippen LogP contribution in [0.4, 0.5) is 0 Å². The molecule has 5 nitrogen and oxygen atoms in total. The summed E-state index contributed by atoms with van der Waals surface area (Å²) in [6.07, 6.45) is 0. The highest BCUT2D eigenvalue weighted by molar-refractivity contribution is 7.08. The van der Waals surface area contributed by atoms with Crippen molar-refractivity contribution in [2.75, 3.05) is 19.8 Å². The number of hydrogen-bond acceptors (Lipinski definition) is 5. The summed E-state index contributed by atoms with van der Waals surface area (Å²) in [6, 6.07) is 0. The molecule has 1 fully saturated rings. The van der Waals surface area contributed by atoms with E-state index >= 15 is 0 Å². The van der Waals surface area contributed by atoms with Crippen molar-refractivity contribution in [1.82, 2.24) is 14.9 Å². The van der Waals surface area contributed by atoms with Gasteiger partial charge >= 0.3 is 0 Å². The maximum atomic E-state index is 12.0. The van der Waals surface area contributed by atoms with Gasteiger partial charge in [0.05, 0.1) is 18.9 Å². The van der Waals surface area contributed by atoms with Crippen molar-refractivity contribution in [2.45, 2.75) is 26.7 Å². The molecule has 6 heteroatoms. The number of hydrogen-bond donors (Lipinski definition) is 1. The number of rotatable bonds is 4. The summed E-state index contributed by atoms with van der Waals surface area (Å²) in [5, 5.41) is 6.93. The molecule has 0 aromatic carbocycles. The van der Waals surface area contributed by atoms with Crippen LogP contribution >= 0.6 is 11.5 Å². The fourth-order valence-electron chi connectivity index (χ4n) is 1.66. The average molecular weight is 255 g/mol. The Bertz CT molecular complexity index is 413. The predicted molar refractivity (Wildman–Crippen MR) is 65.3 cm³/mol. The van der Waals surface area contributed by atoms with Gasteiger partial charge in [-0.25, -0.2) is 0 Å². The summed E-state index contributed by atoms with van der Waals surface area (Å²) in [5.41, 5.74) is 0.869. The van der Waals surface area contributed by atoms with E-state index < -0.39 is 0 Å². The molecular weight excluding hydrogens is 238 g/mol. The second-order valence-electron chi connectivity index (χ2n) is 5.13. The molecule has 1 saturated heterocycles. The Morgan fingerprint density at radius 1 is 1.59 bits per heavy atom. The van der Waals surface area contributed by atoms with Crippen LogP contribution in [-0.2, 0) is 4.74 Å². The molecule has 2 rings (SSSR count). The summed E-state index contributed by atoms with van der Waals surface area (Å²) in [4.78, 5) is 12.6. The summed E-state index contributed by atoms with van der Waals surface area (Å²) < 4.78 is 9.00. The molecule has 1 aliphatic rings. The van der Waals surface area contributed by atoms with Gasteiger partial charge in [-0.1, -0.05) is 25.3 Å². The number of amides is 1. The first-order valence-electron chi connectivity index (χ1n) is 5.70. The lowest BCUT2D eigenvalue weighted by molar-refractivity contribution is -0.0978. The molecule has 0 bridgehead atoms. The van der Waals surface area contributed by atoms with E-state index in [9.17, 15) is 4.79 Å². The minimum absolute atomic E-state index is 0.0724. The highest BCUT2D eigenvalue weighted by atomic mass is 32.1. The minimum Gasteiger partial charge on any atom is -0.380 e. The second-order valence-corrected chi connectivity index (χ2v) is 5.88. The maximum absolute atomic E-state index is 12.0. The van der Waals surface area contributed by atoms with Crippen molar-refractivity contribution in [2.24, 2.45) is 5.41 Å². The molecule has 1 aliphatic heterocycles. The second kappa shape index (κ2) is 4.70. The van der Waals surface area contributed by atoms with E-state index in [0.717, 1.165) is 17.2 Å². The molecule has 0 aliphatic carbocycles. The Morgan fingerprint density at radius 2 is 2.29 bits per heavy atom. The third-order valence-corrected chi connectivity index (χ3v) is 3.58. The highest BCUT2D eigenvalue weighted by Crippen LogP contribution is 2.26. The molecule has 0 saturated carbocycles. The van der Waals surface area contributed by atoms with Gasteiger partial charge in [-0.15, -0.1) is 5.10 Å². The van der Waals surface area contributed by atoms with Crippen LogP contribution in [-0.4, -0.2) is 35.3 Å². The van der Waals surface area contributed by atoms with Crippen LogP contribution in [0.15, 0.2) is 0 Å². The van der Waals surface area contributed by atoms with E-state index in [-0.39, 0.29) is 17.2 Å². The van der Waals surface area contributed by atoms with Crippen LogP contribution in [0.2, 0.25) is 0 Å². The lowest BCUT2D eigenvalue weighted by Crippen LogP contribution is -2.48. The molecule has 0 radical (unpaired) electrons. The first kappa shape index (κ1) is 12.4. The standard InChI is InChI=1S/C11H17N3O2S/c1-7(2)8-9(17-14-13-8)10(15)12-4-11(3)5-16-6-11/h7H,4-6H2,1-3H3,(H,12,15). The van der Waals surface area contributed by atoms with Crippen molar-refractivity contribution >= 4 is 17.4 Å². The van der Waals surface area contributed by atoms with E-state index in [4.69, 9.17) is 4.74 Å². The molecule has 1 N–H and O–H groups in total. The molecule has 94 valence electrons. The van der Waals surface area contributed by atoms with E-state index in [1.807, 2.05) is 13.8 Å². The van der Waals surface area contributed by atoms with Crippen molar-refractivity contribution in [1.29, 1.82) is 0 Å². The van der Waals surface area contributed by atoms with Gasteiger partial charge in [0.1, 0.15) is 4.88 Å². The van der Waals surface area contributed by atoms with Gasteiger partial charge in [-0.3, -0.25) is 4.79 Å². The molecular formula is C11H17N3O2S. The molecule has 1 aromatic heterocycles. The number of carbonyl (C=O) groups is 1. The lowest BCUT2D eigenvalue weighted by Gasteiger charge is -2.37. The minimum atomic E-state index is -0.0724. The van der Waals surface area contributed by atoms with Gasteiger partial charge in [0.25, 0.3) is 5.91 Å². The molecule has 1 aromatic rings. The Kier molecular flexibility index (Phi) is 3.44. The molecule has 0 spiro atoms. The summed E-state index contributed by atoms with van der Waals surface area (Å²) in [7, 11) is 0. The fourth-order valence-corrected chi connectivity index (χ4v) is 2.39. The van der Waals surface area contributed by atoms with Gasteiger partial charge < -0.3 is 10.1 Å². The molecule has 17 heavy (non-hydrogen) atoms. The summed E-state index contributed by atoms with van der Waals surface area (Å²) in [6.45, 7) is 8.19. The largest absolute Gasteiger partial charge is 0.380 e. The molecule has 2 heterocycles. The summed E-state index contributed by atoms with van der Waals surface area (Å²) >= 11 is 1.16. The number of ether oxygens (including phenoxy) is 1. The fraction of sp³-hybridized carbons (Fsp3) is 0.727. The van der Waals surface area contributed by atoms with E-state index in [1.165, 1.54) is 0 Å². The Balaban J connectivity index is 1.97. The van der Waals surface area contributed by atoms with Crippen molar-refractivity contribution in [3.8, 4) is 0 Å². The third kappa shape index (κ3) is 2.63. The number of nitrogens with one attached hydrogen (secondary N) is 1. The Hall–Kier alpha value is -1.01. The normalized spacial score (nSPS) is 17.9. The monoisotopic (exact) mass is 255 g/mol. The zero-order valence-corrected chi connectivity index (χ0v) is 11.1. The quantitative estimate of drug-likeness (QED) is 0.884. The van der Waals surface area contributed by atoms with Crippen molar-refractivity contribution in [3.63, 3.8) is 0 Å². The van der Waals surface area contributed by atoms with E-state index in [2.05, 4.69) is 21.8 Å². The molecule has 0 atom stereocenters. The van der Waals surface area contributed by atoms with Gasteiger partial charge in [-0.2, -0.15) is 0 Å². The Labute approximate surface area is 105 Å². The van der Waals surface area contributed by atoms with Crippen molar-refractivity contribution in [3.05, 3.63) is 10.6 Å². The van der Waals surface area contributed by atoms with Gasteiger partial charge in [0.2, 0.25) is 0 Å². The maximum Gasteiger partial charge on any atom is 0.264 e. The van der Waals surface area contributed by atoms with Crippen LogP contribution in [0.1, 0.15) is 42.1 Å². The zero-order chi connectivity index (χ0) is 12.5. The van der Waals surface area contributed by atoms with Gasteiger partial charge in [0.15, 0.2) is 0 Å². The highest BCUT2D eigenvalue weighted by Gasteiger charge is 2.34. The number of nitrogens with zero attached hydrogens (tertiary/aromatic N) is 2.